The first kappa shape index (κ1) is 16.8. The predicted molar refractivity (Wildman–Crippen MR) is 83.2 cm³/mol. The van der Waals surface area contributed by atoms with Gasteiger partial charge < -0.3 is 10.1 Å². The minimum absolute atomic E-state index is 0.163. The van der Waals surface area contributed by atoms with E-state index in [1.807, 2.05) is 18.2 Å². The summed E-state index contributed by atoms with van der Waals surface area (Å²) in [7, 11) is 1.73. The second-order valence-electron chi connectivity index (χ2n) is 4.83. The number of benzene rings is 1. The maximum atomic E-state index is 6.33. The zero-order valence-electron chi connectivity index (χ0n) is 11.9. The molecule has 1 aromatic carbocycles. The van der Waals surface area contributed by atoms with Crippen molar-refractivity contribution < 1.29 is 4.74 Å². The quantitative estimate of drug-likeness (QED) is 0.751. The molecular weight excluding hydrogens is 281 g/mol. The Morgan fingerprint density at radius 3 is 2.42 bits per heavy atom. The van der Waals surface area contributed by atoms with Gasteiger partial charge in [0.2, 0.25) is 0 Å². The minimum Gasteiger partial charge on any atom is -0.385 e. The van der Waals surface area contributed by atoms with Crippen molar-refractivity contribution >= 4 is 23.2 Å². The molecule has 2 unspecified atom stereocenters. The lowest BCUT2D eigenvalue weighted by Crippen LogP contribution is -2.29. The van der Waals surface area contributed by atoms with Crippen molar-refractivity contribution in [3.8, 4) is 0 Å². The Kier molecular flexibility index (Phi) is 7.77. The highest BCUT2D eigenvalue weighted by Gasteiger charge is 2.23. The van der Waals surface area contributed by atoms with Crippen LogP contribution in [0.1, 0.15) is 38.3 Å². The molecule has 1 aromatic rings. The van der Waals surface area contributed by atoms with E-state index in [0.29, 0.717) is 5.92 Å². The lowest BCUT2D eigenvalue weighted by atomic mass is 9.91. The molecule has 108 valence electrons. The summed E-state index contributed by atoms with van der Waals surface area (Å²) in [4.78, 5) is 0. The van der Waals surface area contributed by atoms with E-state index in [2.05, 4.69) is 19.2 Å². The largest absolute Gasteiger partial charge is 0.385 e. The molecule has 2 atom stereocenters. The van der Waals surface area contributed by atoms with Gasteiger partial charge in [0.25, 0.3) is 0 Å². The summed E-state index contributed by atoms with van der Waals surface area (Å²) in [5.41, 5.74) is 1.00. The van der Waals surface area contributed by atoms with Gasteiger partial charge in [-0.1, -0.05) is 43.1 Å². The Morgan fingerprint density at radius 2 is 1.89 bits per heavy atom. The highest BCUT2D eigenvalue weighted by molar-refractivity contribution is 6.36. The van der Waals surface area contributed by atoms with E-state index in [0.717, 1.165) is 41.6 Å². The van der Waals surface area contributed by atoms with E-state index in [4.69, 9.17) is 27.9 Å². The first-order valence-electron chi connectivity index (χ1n) is 6.78. The molecule has 0 aromatic heterocycles. The van der Waals surface area contributed by atoms with Crippen LogP contribution in [0.15, 0.2) is 18.2 Å². The van der Waals surface area contributed by atoms with Crippen LogP contribution in [0.2, 0.25) is 10.0 Å². The molecule has 4 heteroatoms. The molecule has 19 heavy (non-hydrogen) atoms. The number of hydrogen-bond acceptors (Lipinski definition) is 2. The lowest BCUT2D eigenvalue weighted by Gasteiger charge is -2.27. The number of nitrogens with one attached hydrogen (secondary N) is 1. The Labute approximate surface area is 126 Å². The molecule has 0 saturated heterocycles. The first-order valence-corrected chi connectivity index (χ1v) is 7.53. The van der Waals surface area contributed by atoms with Crippen LogP contribution in [0.4, 0.5) is 0 Å². The SMILES string of the molecule is CCCNC(c1c(Cl)cccc1Cl)C(C)CCOC. The number of halogens is 2. The molecule has 2 nitrogen and oxygen atoms in total. The maximum absolute atomic E-state index is 6.33. The van der Waals surface area contributed by atoms with E-state index in [9.17, 15) is 0 Å². The maximum Gasteiger partial charge on any atom is 0.0468 e. The molecule has 0 aliphatic carbocycles. The van der Waals surface area contributed by atoms with Gasteiger partial charge in [0.05, 0.1) is 0 Å². The fourth-order valence-corrected chi connectivity index (χ4v) is 2.80. The molecule has 0 saturated carbocycles. The molecule has 0 spiro atoms. The predicted octanol–water partition coefficient (Wildman–Crippen LogP) is 4.71. The number of hydrogen-bond donors (Lipinski definition) is 1. The molecule has 0 amide bonds. The number of methoxy groups -OCH3 is 1. The van der Waals surface area contributed by atoms with Crippen molar-refractivity contribution in [1.82, 2.24) is 5.32 Å². The highest BCUT2D eigenvalue weighted by atomic mass is 35.5. The zero-order chi connectivity index (χ0) is 14.3. The van der Waals surface area contributed by atoms with Crippen LogP contribution in [0.3, 0.4) is 0 Å². The summed E-state index contributed by atoms with van der Waals surface area (Å²) < 4.78 is 5.17. The van der Waals surface area contributed by atoms with Gasteiger partial charge in [-0.05, 0) is 37.4 Å². The summed E-state index contributed by atoms with van der Waals surface area (Å²) in [5, 5.41) is 5.01. The van der Waals surface area contributed by atoms with Crippen molar-refractivity contribution in [3.05, 3.63) is 33.8 Å². The zero-order valence-corrected chi connectivity index (χ0v) is 13.4. The molecular formula is C15H23Cl2NO. The minimum atomic E-state index is 0.163. The smallest absolute Gasteiger partial charge is 0.0468 e. The summed E-state index contributed by atoms with van der Waals surface area (Å²) in [6.07, 6.45) is 2.05. The van der Waals surface area contributed by atoms with Crippen molar-refractivity contribution in [2.75, 3.05) is 20.3 Å². The summed E-state index contributed by atoms with van der Waals surface area (Å²) in [6.45, 7) is 6.04. The van der Waals surface area contributed by atoms with Gasteiger partial charge in [0.15, 0.2) is 0 Å². The van der Waals surface area contributed by atoms with E-state index >= 15 is 0 Å². The molecule has 0 aliphatic heterocycles. The summed E-state index contributed by atoms with van der Waals surface area (Å²) >= 11 is 12.7. The van der Waals surface area contributed by atoms with Gasteiger partial charge in [-0.3, -0.25) is 0 Å². The van der Waals surface area contributed by atoms with Crippen LogP contribution in [0.25, 0.3) is 0 Å². The molecule has 0 bridgehead atoms. The van der Waals surface area contributed by atoms with E-state index in [-0.39, 0.29) is 6.04 Å². The second kappa shape index (κ2) is 8.80. The van der Waals surface area contributed by atoms with Gasteiger partial charge in [-0.2, -0.15) is 0 Å². The van der Waals surface area contributed by atoms with Crippen molar-refractivity contribution in [2.24, 2.45) is 5.92 Å². The molecule has 0 radical (unpaired) electrons. The molecule has 0 aliphatic rings. The first-order chi connectivity index (χ1) is 9.11. The average Bonchev–Trinajstić information content (AvgIpc) is 2.39. The molecule has 1 N–H and O–H groups in total. The van der Waals surface area contributed by atoms with Crippen LogP contribution in [0.5, 0.6) is 0 Å². The Morgan fingerprint density at radius 1 is 1.26 bits per heavy atom. The third-order valence-corrected chi connectivity index (χ3v) is 3.93. The van der Waals surface area contributed by atoms with Gasteiger partial charge >= 0.3 is 0 Å². The van der Waals surface area contributed by atoms with Gasteiger partial charge in [-0.25, -0.2) is 0 Å². The topological polar surface area (TPSA) is 21.3 Å². The average molecular weight is 304 g/mol. The van der Waals surface area contributed by atoms with Crippen LogP contribution >= 0.6 is 23.2 Å². The Balaban J connectivity index is 2.95. The summed E-state index contributed by atoms with van der Waals surface area (Å²) in [6, 6.07) is 5.83. The van der Waals surface area contributed by atoms with E-state index in [1.165, 1.54) is 0 Å². The molecule has 0 heterocycles. The second-order valence-corrected chi connectivity index (χ2v) is 5.64. The highest BCUT2D eigenvalue weighted by Crippen LogP contribution is 2.35. The van der Waals surface area contributed by atoms with Gasteiger partial charge in [-0.15, -0.1) is 0 Å². The molecule has 1 rings (SSSR count). The van der Waals surface area contributed by atoms with E-state index < -0.39 is 0 Å². The van der Waals surface area contributed by atoms with Crippen molar-refractivity contribution in [3.63, 3.8) is 0 Å². The standard InChI is InChI=1S/C15H23Cl2NO/c1-4-9-18-15(11(2)8-10-19-3)14-12(16)6-5-7-13(14)17/h5-7,11,15,18H,4,8-10H2,1-3H3. The lowest BCUT2D eigenvalue weighted by molar-refractivity contribution is 0.170. The Bertz CT molecular complexity index is 364. The van der Waals surface area contributed by atoms with Crippen LogP contribution in [-0.2, 0) is 4.74 Å². The van der Waals surface area contributed by atoms with Crippen LogP contribution < -0.4 is 5.32 Å². The van der Waals surface area contributed by atoms with Crippen LogP contribution in [0, 0.1) is 5.92 Å². The number of rotatable bonds is 8. The third kappa shape index (κ3) is 4.96. The molecule has 0 fully saturated rings. The van der Waals surface area contributed by atoms with E-state index in [1.54, 1.807) is 7.11 Å². The third-order valence-electron chi connectivity index (χ3n) is 3.27. The van der Waals surface area contributed by atoms with Crippen molar-refractivity contribution in [2.45, 2.75) is 32.7 Å². The monoisotopic (exact) mass is 303 g/mol. The van der Waals surface area contributed by atoms with Gasteiger partial charge in [0.1, 0.15) is 0 Å². The number of ether oxygens (including phenoxy) is 1. The normalized spacial score (nSPS) is 14.4. The fraction of sp³-hybridized carbons (Fsp3) is 0.600. The van der Waals surface area contributed by atoms with Gasteiger partial charge in [0, 0.05) is 35.4 Å². The summed E-state index contributed by atoms with van der Waals surface area (Å²) in [5.74, 6) is 0.406. The fourth-order valence-electron chi connectivity index (χ4n) is 2.17. The van der Waals surface area contributed by atoms with Crippen LogP contribution in [-0.4, -0.2) is 20.3 Å². The Hall–Kier alpha value is -0.280. The van der Waals surface area contributed by atoms with Crippen molar-refractivity contribution in [1.29, 1.82) is 0 Å².